The molecule has 0 aromatic heterocycles. The molecule has 90 valence electrons. The molecule has 0 aromatic rings. The highest BCUT2D eigenvalue weighted by molar-refractivity contribution is 4.97. The molecule has 6 heteroatoms. The average molecular weight is 222 g/mol. The third-order valence-corrected chi connectivity index (χ3v) is 2.63. The second-order valence-electron chi connectivity index (χ2n) is 3.84. The van der Waals surface area contributed by atoms with E-state index < -0.39 is 30.2 Å². The van der Waals surface area contributed by atoms with Crippen molar-refractivity contribution in [2.75, 3.05) is 20.8 Å². The Hall–Kier alpha value is -0.240. The molecule has 1 aliphatic rings. The highest BCUT2D eigenvalue weighted by atomic mass is 16.7. The lowest BCUT2D eigenvalue weighted by atomic mass is 9.93. The molecular formula is C9H18O6. The number of aliphatic hydroxyl groups excluding tert-OH is 2. The zero-order valence-electron chi connectivity index (χ0n) is 9.08. The molecule has 15 heavy (non-hydrogen) atoms. The van der Waals surface area contributed by atoms with E-state index in [9.17, 15) is 15.3 Å². The Kier molecular flexibility index (Phi) is 4.05. The minimum atomic E-state index is -1.53. The van der Waals surface area contributed by atoms with Gasteiger partial charge in [-0.15, -0.1) is 0 Å². The lowest BCUT2D eigenvalue weighted by Gasteiger charge is -2.36. The highest BCUT2D eigenvalue weighted by Gasteiger charge is 2.50. The smallest absolute Gasteiger partial charge is 0.188 e. The summed E-state index contributed by atoms with van der Waals surface area (Å²) < 4.78 is 14.9. The molecule has 0 spiro atoms. The summed E-state index contributed by atoms with van der Waals surface area (Å²) >= 11 is 0. The van der Waals surface area contributed by atoms with Gasteiger partial charge in [0.1, 0.15) is 23.9 Å². The van der Waals surface area contributed by atoms with Gasteiger partial charge in [-0.25, -0.2) is 0 Å². The predicted molar refractivity (Wildman–Crippen MR) is 50.2 cm³/mol. The zero-order chi connectivity index (χ0) is 11.6. The topological polar surface area (TPSA) is 88.4 Å². The number of methoxy groups -OCH3 is 2. The summed E-state index contributed by atoms with van der Waals surface area (Å²) in [6.07, 6.45) is -4.00. The molecule has 0 amide bonds. The van der Waals surface area contributed by atoms with Gasteiger partial charge in [0.15, 0.2) is 6.29 Å². The molecule has 0 aromatic carbocycles. The van der Waals surface area contributed by atoms with E-state index in [1.807, 2.05) is 0 Å². The normalized spacial score (nSPS) is 35.8. The first-order valence-electron chi connectivity index (χ1n) is 4.70. The fourth-order valence-electron chi connectivity index (χ4n) is 1.82. The van der Waals surface area contributed by atoms with Gasteiger partial charge in [0.25, 0.3) is 0 Å². The number of hydrogen-bond acceptors (Lipinski definition) is 6. The van der Waals surface area contributed by atoms with Crippen molar-refractivity contribution in [1.29, 1.82) is 0 Å². The van der Waals surface area contributed by atoms with E-state index in [4.69, 9.17) is 14.2 Å². The van der Waals surface area contributed by atoms with Gasteiger partial charge in [0.2, 0.25) is 0 Å². The van der Waals surface area contributed by atoms with E-state index in [-0.39, 0.29) is 6.61 Å². The van der Waals surface area contributed by atoms with Crippen molar-refractivity contribution < 1.29 is 29.5 Å². The fraction of sp³-hybridized carbons (Fsp3) is 1.00. The molecule has 1 heterocycles. The maximum Gasteiger partial charge on any atom is 0.188 e. The van der Waals surface area contributed by atoms with Crippen LogP contribution in [-0.2, 0) is 14.2 Å². The van der Waals surface area contributed by atoms with Crippen LogP contribution in [0.4, 0.5) is 0 Å². The molecule has 3 N–H and O–H groups in total. The van der Waals surface area contributed by atoms with Gasteiger partial charge < -0.3 is 29.5 Å². The first-order chi connectivity index (χ1) is 6.95. The van der Waals surface area contributed by atoms with E-state index >= 15 is 0 Å². The fourth-order valence-corrected chi connectivity index (χ4v) is 1.82. The van der Waals surface area contributed by atoms with Crippen molar-refractivity contribution in [1.82, 2.24) is 0 Å². The monoisotopic (exact) mass is 222 g/mol. The molecule has 1 rings (SSSR count). The standard InChI is InChI=1S/C9H18O6/c1-9(12,8(13-2)14-3)7-6(11)5(10)4-15-7/h5-8,10-12H,4H2,1-3H3/t5-,6+,7+,9-/m0/s1. The third kappa shape index (κ3) is 2.30. The summed E-state index contributed by atoms with van der Waals surface area (Å²) in [6, 6.07) is 0. The van der Waals surface area contributed by atoms with E-state index in [1.54, 1.807) is 0 Å². The van der Waals surface area contributed by atoms with Crippen LogP contribution in [-0.4, -0.2) is 66.3 Å². The molecule has 4 atom stereocenters. The SMILES string of the molecule is COC(OC)[C@@](C)(O)[C@@H]1OC[C@H](O)[C@H]1O. The Balaban J connectivity index is 2.76. The molecule has 1 fully saturated rings. The first kappa shape index (κ1) is 12.8. The van der Waals surface area contributed by atoms with Crippen LogP contribution in [0.1, 0.15) is 6.92 Å². The minimum absolute atomic E-state index is 0.0118. The Morgan fingerprint density at radius 2 is 1.87 bits per heavy atom. The largest absolute Gasteiger partial charge is 0.388 e. The van der Waals surface area contributed by atoms with Crippen LogP contribution in [0.2, 0.25) is 0 Å². The number of ether oxygens (including phenoxy) is 3. The maximum absolute atomic E-state index is 10.1. The van der Waals surface area contributed by atoms with E-state index in [0.717, 1.165) is 0 Å². The van der Waals surface area contributed by atoms with E-state index in [1.165, 1.54) is 21.1 Å². The Labute approximate surface area is 88.4 Å². The van der Waals surface area contributed by atoms with Crippen LogP contribution >= 0.6 is 0 Å². The van der Waals surface area contributed by atoms with Crippen molar-refractivity contribution in [3.63, 3.8) is 0 Å². The highest BCUT2D eigenvalue weighted by Crippen LogP contribution is 2.28. The molecule has 6 nitrogen and oxygen atoms in total. The van der Waals surface area contributed by atoms with Crippen LogP contribution in [0, 0.1) is 0 Å². The summed E-state index contributed by atoms with van der Waals surface area (Å²) in [6.45, 7) is 1.42. The van der Waals surface area contributed by atoms with Crippen LogP contribution in [0.5, 0.6) is 0 Å². The van der Waals surface area contributed by atoms with Gasteiger partial charge >= 0.3 is 0 Å². The molecule has 0 saturated carbocycles. The number of rotatable bonds is 4. The maximum atomic E-state index is 10.1. The van der Waals surface area contributed by atoms with Gasteiger partial charge in [-0.3, -0.25) is 0 Å². The summed E-state index contributed by atoms with van der Waals surface area (Å²) in [4.78, 5) is 0. The second kappa shape index (κ2) is 4.73. The summed E-state index contributed by atoms with van der Waals surface area (Å²) in [5.41, 5.74) is -1.53. The van der Waals surface area contributed by atoms with Gasteiger partial charge in [-0.2, -0.15) is 0 Å². The molecule has 0 aliphatic carbocycles. The van der Waals surface area contributed by atoms with Crippen LogP contribution in [0.15, 0.2) is 0 Å². The molecule has 1 aliphatic heterocycles. The Morgan fingerprint density at radius 1 is 1.33 bits per heavy atom. The summed E-state index contributed by atoms with van der Waals surface area (Å²) in [5.74, 6) is 0. The quantitative estimate of drug-likeness (QED) is 0.500. The first-order valence-corrected chi connectivity index (χ1v) is 4.70. The third-order valence-electron chi connectivity index (χ3n) is 2.63. The van der Waals surface area contributed by atoms with Crippen molar-refractivity contribution in [3.05, 3.63) is 0 Å². The molecule has 1 saturated heterocycles. The van der Waals surface area contributed by atoms with Gasteiger partial charge in [0, 0.05) is 14.2 Å². The predicted octanol–water partition coefficient (Wildman–Crippen LogP) is -1.52. The van der Waals surface area contributed by atoms with Gasteiger partial charge in [0.05, 0.1) is 6.61 Å². The van der Waals surface area contributed by atoms with E-state index in [2.05, 4.69) is 0 Å². The van der Waals surface area contributed by atoms with Gasteiger partial charge in [-0.05, 0) is 6.92 Å². The van der Waals surface area contributed by atoms with Crippen LogP contribution in [0.25, 0.3) is 0 Å². The minimum Gasteiger partial charge on any atom is -0.388 e. The summed E-state index contributed by atoms with van der Waals surface area (Å²) in [5, 5.41) is 29.0. The molecular weight excluding hydrogens is 204 g/mol. The Bertz CT molecular complexity index is 203. The Morgan fingerprint density at radius 3 is 2.20 bits per heavy atom. The zero-order valence-corrected chi connectivity index (χ0v) is 9.08. The van der Waals surface area contributed by atoms with E-state index in [0.29, 0.717) is 0 Å². The van der Waals surface area contributed by atoms with Crippen LogP contribution in [0.3, 0.4) is 0 Å². The lowest BCUT2D eigenvalue weighted by Crippen LogP contribution is -2.55. The average Bonchev–Trinajstić information content (AvgIpc) is 2.49. The van der Waals surface area contributed by atoms with Crippen molar-refractivity contribution in [3.8, 4) is 0 Å². The van der Waals surface area contributed by atoms with Crippen molar-refractivity contribution >= 4 is 0 Å². The lowest BCUT2D eigenvalue weighted by molar-refractivity contribution is -0.250. The van der Waals surface area contributed by atoms with Crippen molar-refractivity contribution in [2.45, 2.75) is 37.1 Å². The molecule has 0 bridgehead atoms. The van der Waals surface area contributed by atoms with Crippen molar-refractivity contribution in [2.24, 2.45) is 0 Å². The number of hydrogen-bond donors (Lipinski definition) is 3. The second-order valence-corrected chi connectivity index (χ2v) is 3.84. The molecule has 0 unspecified atom stereocenters. The molecule has 0 radical (unpaired) electrons. The van der Waals surface area contributed by atoms with Crippen LogP contribution < -0.4 is 0 Å². The number of aliphatic hydroxyl groups is 3. The van der Waals surface area contributed by atoms with Gasteiger partial charge in [-0.1, -0.05) is 0 Å². The summed E-state index contributed by atoms with van der Waals surface area (Å²) in [7, 11) is 2.75.